The zero-order chi connectivity index (χ0) is 12.0. The number of carbonyl (C=O) groups is 1. The topological polar surface area (TPSA) is 37.3 Å². The van der Waals surface area contributed by atoms with Crippen LogP contribution in [0.3, 0.4) is 0 Å². The minimum Gasteiger partial charge on any atom is -0.382 e. The first-order valence-electron chi connectivity index (χ1n) is 5.71. The Bertz CT molecular complexity index is 423. The van der Waals surface area contributed by atoms with Crippen molar-refractivity contribution in [3.05, 3.63) is 35.4 Å². The first kappa shape index (κ1) is 11.3. The molecule has 16 heavy (non-hydrogen) atoms. The first-order chi connectivity index (χ1) is 7.33. The summed E-state index contributed by atoms with van der Waals surface area (Å²) in [4.78, 5) is 12.0. The third-order valence-corrected chi connectivity index (χ3v) is 3.14. The summed E-state index contributed by atoms with van der Waals surface area (Å²) in [6, 6.07) is 7.60. The Morgan fingerprint density at radius 3 is 2.44 bits per heavy atom. The summed E-state index contributed by atoms with van der Waals surface area (Å²) < 4.78 is 0. The van der Waals surface area contributed by atoms with Crippen molar-refractivity contribution in [2.75, 3.05) is 0 Å². The van der Waals surface area contributed by atoms with Gasteiger partial charge in [-0.05, 0) is 29.9 Å². The Labute approximate surface area is 96.3 Å². The second kappa shape index (κ2) is 3.42. The lowest BCUT2D eigenvalue weighted by molar-refractivity contribution is 0.0690. The van der Waals surface area contributed by atoms with Gasteiger partial charge >= 0.3 is 0 Å². The van der Waals surface area contributed by atoms with E-state index in [1.807, 2.05) is 18.2 Å². The molecule has 0 atom stereocenters. The monoisotopic (exact) mass is 218 g/mol. The van der Waals surface area contributed by atoms with Crippen LogP contribution in [0.2, 0.25) is 0 Å². The summed E-state index contributed by atoms with van der Waals surface area (Å²) in [6.45, 7) is 6.34. The number of ketones is 1. The van der Waals surface area contributed by atoms with E-state index < -0.39 is 5.60 Å². The molecule has 1 N–H and O–H groups in total. The molecule has 0 aromatic heterocycles. The number of aliphatic hydroxyl groups is 1. The van der Waals surface area contributed by atoms with Crippen molar-refractivity contribution in [3.63, 3.8) is 0 Å². The van der Waals surface area contributed by atoms with E-state index in [1.165, 1.54) is 0 Å². The van der Waals surface area contributed by atoms with E-state index in [1.54, 1.807) is 6.07 Å². The van der Waals surface area contributed by atoms with Gasteiger partial charge in [0.2, 0.25) is 0 Å². The van der Waals surface area contributed by atoms with Crippen LogP contribution in [-0.4, -0.2) is 16.5 Å². The maximum absolute atomic E-state index is 12.0. The molecule has 0 aliphatic heterocycles. The largest absolute Gasteiger partial charge is 0.382 e. The van der Waals surface area contributed by atoms with Crippen molar-refractivity contribution in [2.45, 2.75) is 44.6 Å². The van der Waals surface area contributed by atoms with Crippen LogP contribution in [0.4, 0.5) is 0 Å². The predicted molar refractivity (Wildman–Crippen MR) is 63.7 cm³/mol. The fourth-order valence-electron chi connectivity index (χ4n) is 1.74. The van der Waals surface area contributed by atoms with Crippen molar-refractivity contribution >= 4 is 5.78 Å². The van der Waals surface area contributed by atoms with Crippen LogP contribution in [0.1, 0.15) is 49.5 Å². The van der Waals surface area contributed by atoms with Gasteiger partial charge in [-0.25, -0.2) is 0 Å². The van der Waals surface area contributed by atoms with E-state index in [0.29, 0.717) is 18.4 Å². The smallest absolute Gasteiger partial charge is 0.194 e. The predicted octanol–water partition coefficient (Wildman–Crippen LogP) is 2.69. The van der Waals surface area contributed by atoms with Crippen LogP contribution in [0, 0.1) is 0 Å². The second-order valence-corrected chi connectivity index (χ2v) is 5.69. The van der Waals surface area contributed by atoms with Crippen molar-refractivity contribution < 1.29 is 9.90 Å². The Hall–Kier alpha value is -1.15. The summed E-state index contributed by atoms with van der Waals surface area (Å²) >= 11 is 0. The van der Waals surface area contributed by atoms with Crippen molar-refractivity contribution in [3.8, 4) is 0 Å². The van der Waals surface area contributed by atoms with E-state index in [-0.39, 0.29) is 11.2 Å². The van der Waals surface area contributed by atoms with Crippen LogP contribution in [0.25, 0.3) is 0 Å². The van der Waals surface area contributed by atoms with Gasteiger partial charge in [0.15, 0.2) is 5.78 Å². The van der Waals surface area contributed by atoms with E-state index in [0.717, 1.165) is 5.56 Å². The summed E-state index contributed by atoms with van der Waals surface area (Å²) in [5.74, 6) is -0.126. The number of hydrogen-bond donors (Lipinski definition) is 1. The Kier molecular flexibility index (Phi) is 2.43. The summed E-state index contributed by atoms with van der Waals surface area (Å²) in [7, 11) is 0. The van der Waals surface area contributed by atoms with Crippen LogP contribution >= 0.6 is 0 Å². The molecule has 1 aromatic rings. The molecule has 86 valence electrons. The molecule has 1 aliphatic carbocycles. The summed E-state index contributed by atoms with van der Waals surface area (Å²) in [5, 5.41) is 9.79. The molecule has 0 unspecified atom stereocenters. The minimum atomic E-state index is -1.06. The van der Waals surface area contributed by atoms with Crippen LogP contribution in [0.15, 0.2) is 24.3 Å². The van der Waals surface area contributed by atoms with Crippen molar-refractivity contribution in [1.29, 1.82) is 0 Å². The average molecular weight is 218 g/mol. The third kappa shape index (κ3) is 2.03. The van der Waals surface area contributed by atoms with Crippen LogP contribution in [-0.2, 0) is 5.41 Å². The maximum atomic E-state index is 12.0. The molecule has 1 aromatic carbocycles. The zero-order valence-corrected chi connectivity index (χ0v) is 10.1. The highest BCUT2D eigenvalue weighted by molar-refractivity contribution is 6.04. The van der Waals surface area contributed by atoms with Crippen molar-refractivity contribution in [2.24, 2.45) is 0 Å². The fourth-order valence-corrected chi connectivity index (χ4v) is 1.74. The van der Waals surface area contributed by atoms with E-state index in [9.17, 15) is 9.90 Å². The minimum absolute atomic E-state index is 0.0302. The normalized spacial score (nSPS) is 18.2. The van der Waals surface area contributed by atoms with E-state index in [4.69, 9.17) is 0 Å². The molecule has 1 aliphatic rings. The standard InChI is InChI=1S/C14H18O2/c1-13(2,3)11-6-4-5-10(9-11)12(15)14(16)7-8-14/h4-6,9,16H,7-8H2,1-3H3. The lowest BCUT2D eigenvalue weighted by Crippen LogP contribution is -2.22. The highest BCUT2D eigenvalue weighted by atomic mass is 16.3. The van der Waals surface area contributed by atoms with Gasteiger partial charge in [0.1, 0.15) is 5.60 Å². The molecule has 2 rings (SSSR count). The number of benzene rings is 1. The van der Waals surface area contributed by atoms with Crippen molar-refractivity contribution in [1.82, 2.24) is 0 Å². The lowest BCUT2D eigenvalue weighted by Gasteiger charge is -2.20. The molecule has 0 saturated heterocycles. The van der Waals surface area contributed by atoms with Gasteiger partial charge in [0.25, 0.3) is 0 Å². The van der Waals surface area contributed by atoms with Gasteiger partial charge in [-0.1, -0.05) is 39.0 Å². The molecule has 0 bridgehead atoms. The Morgan fingerprint density at radius 2 is 1.94 bits per heavy atom. The molecular weight excluding hydrogens is 200 g/mol. The molecular formula is C14H18O2. The summed E-state index contributed by atoms with van der Waals surface area (Å²) in [5.41, 5.74) is 0.730. The molecule has 0 spiro atoms. The van der Waals surface area contributed by atoms with Gasteiger partial charge in [0, 0.05) is 5.56 Å². The highest BCUT2D eigenvalue weighted by Crippen LogP contribution is 2.38. The van der Waals surface area contributed by atoms with E-state index in [2.05, 4.69) is 20.8 Å². The van der Waals surface area contributed by atoms with E-state index >= 15 is 0 Å². The van der Waals surface area contributed by atoms with Crippen LogP contribution < -0.4 is 0 Å². The SMILES string of the molecule is CC(C)(C)c1cccc(C(=O)C2(O)CC2)c1. The molecule has 0 heterocycles. The molecule has 1 fully saturated rings. The van der Waals surface area contributed by atoms with Gasteiger partial charge in [-0.15, -0.1) is 0 Å². The third-order valence-electron chi connectivity index (χ3n) is 3.14. The van der Waals surface area contributed by atoms with Gasteiger partial charge < -0.3 is 5.11 Å². The summed E-state index contributed by atoms with van der Waals surface area (Å²) in [6.07, 6.45) is 1.21. The van der Waals surface area contributed by atoms with Gasteiger partial charge in [0.05, 0.1) is 0 Å². The second-order valence-electron chi connectivity index (χ2n) is 5.69. The first-order valence-corrected chi connectivity index (χ1v) is 5.71. The number of hydrogen-bond acceptors (Lipinski definition) is 2. The zero-order valence-electron chi connectivity index (χ0n) is 10.1. The van der Waals surface area contributed by atoms with Gasteiger partial charge in [-0.2, -0.15) is 0 Å². The maximum Gasteiger partial charge on any atom is 0.194 e. The number of rotatable bonds is 2. The molecule has 1 saturated carbocycles. The lowest BCUT2D eigenvalue weighted by atomic mass is 9.85. The number of Topliss-reactive ketones (excluding diaryl/α,β-unsaturated/α-hetero) is 1. The molecule has 2 nitrogen and oxygen atoms in total. The Morgan fingerprint density at radius 1 is 1.31 bits per heavy atom. The molecule has 2 heteroatoms. The van der Waals surface area contributed by atoms with Crippen LogP contribution in [0.5, 0.6) is 0 Å². The molecule has 0 amide bonds. The fraction of sp³-hybridized carbons (Fsp3) is 0.500. The average Bonchev–Trinajstić information content (AvgIpc) is 2.96. The molecule has 0 radical (unpaired) electrons. The highest BCUT2D eigenvalue weighted by Gasteiger charge is 2.48. The van der Waals surface area contributed by atoms with Gasteiger partial charge in [-0.3, -0.25) is 4.79 Å². The quantitative estimate of drug-likeness (QED) is 0.775. The number of carbonyl (C=O) groups excluding carboxylic acids is 1. The Balaban J connectivity index is 2.33.